The van der Waals surface area contributed by atoms with Crippen LogP contribution in [0.5, 0.6) is 0 Å². The molecule has 2 heterocycles. The molecule has 2 aromatic rings. The molecule has 1 aromatic carbocycles. The molecular formula is C50H83N10O14PS. The Balaban J connectivity index is 1.51. The van der Waals surface area contributed by atoms with Crippen molar-refractivity contribution >= 4 is 61.8 Å². The molecule has 0 spiro atoms. The van der Waals surface area contributed by atoms with E-state index < -0.39 is 86.3 Å². The predicted molar refractivity (Wildman–Crippen MR) is 285 cm³/mol. The topological polar surface area (TPSA) is 358 Å². The second kappa shape index (κ2) is 36.2. The van der Waals surface area contributed by atoms with Gasteiger partial charge in [-0.2, -0.15) is 12.6 Å². The van der Waals surface area contributed by atoms with Crippen LogP contribution in [0.4, 0.5) is 0 Å². The molecule has 1 saturated heterocycles. The smallest absolute Gasteiger partial charge is 0.394 e. The van der Waals surface area contributed by atoms with Gasteiger partial charge in [0.25, 0.3) is 0 Å². The number of benzene rings is 1. The molecule has 428 valence electrons. The van der Waals surface area contributed by atoms with Gasteiger partial charge in [-0.25, -0.2) is 9.55 Å². The van der Waals surface area contributed by atoms with Crippen molar-refractivity contribution in [3.05, 3.63) is 54.1 Å². The molecule has 8 atom stereocenters. The predicted octanol–water partition coefficient (Wildman–Crippen LogP) is 1.09. The van der Waals surface area contributed by atoms with Crippen LogP contribution in [0.25, 0.3) is 0 Å². The molecule has 76 heavy (non-hydrogen) atoms. The summed E-state index contributed by atoms with van der Waals surface area (Å²) in [4.78, 5) is 111. The highest BCUT2D eigenvalue weighted by Gasteiger charge is 2.38. The van der Waals surface area contributed by atoms with Crippen LogP contribution in [-0.4, -0.2) is 167 Å². The van der Waals surface area contributed by atoms with E-state index in [1.807, 2.05) is 32.0 Å². The summed E-state index contributed by atoms with van der Waals surface area (Å²) in [5.74, 6) is -5.09. The standard InChI is InChI=1S/C50H83N10O14PS/c1-34(2)28-39(57-50(68)42-19-15-22-60(42)43(62)20-24-71-26-27-72-25-21-54-46(64)38(51)32-76)47(65)56-40(29-37-30-53-33-55-37)48(66)58-41(31-61)49(67)59-44(45(52)63)35(3)74-75(69,70)73-23-14-9-7-5-4-6-8-11-16-36-17-12-10-13-18-36/h10,12-13,17-18,30,33-35,38-42,44,61,76H,4-9,11,14-16,19-29,31-32,51H2,1-3H3,(H2,52,63)(H,53,55)(H,54,64)(H,56,65)(H,57,68)(H,58,66)(H,59,67)(H,69,70)/t35-,38+,39+,40+,41+,42+,44+/m1/s1. The second-order valence-corrected chi connectivity index (χ2v) is 20.9. The molecule has 26 heteroatoms. The Morgan fingerprint density at radius 3 is 2.09 bits per heavy atom. The average molecular weight is 1110 g/mol. The third kappa shape index (κ3) is 25.4. The lowest BCUT2D eigenvalue weighted by atomic mass is 10.0. The quantitative estimate of drug-likeness (QED) is 0.0253. The number of nitrogens with zero attached hydrogens (tertiary/aromatic N) is 2. The number of nitrogens with one attached hydrogen (secondary N) is 6. The fraction of sp³-hybridized carbons (Fsp3) is 0.680. The first-order chi connectivity index (χ1) is 36.3. The van der Waals surface area contributed by atoms with E-state index in [2.05, 4.69) is 61.3 Å². The fourth-order valence-corrected chi connectivity index (χ4v) is 9.38. The Bertz CT molecular complexity index is 2110. The lowest BCUT2D eigenvalue weighted by molar-refractivity contribution is -0.140. The lowest BCUT2D eigenvalue weighted by Crippen LogP contribution is -2.61. The molecule has 0 bridgehead atoms. The minimum absolute atomic E-state index is 0.0121. The maximum atomic E-state index is 14.0. The zero-order valence-corrected chi connectivity index (χ0v) is 45.9. The van der Waals surface area contributed by atoms with Crippen molar-refractivity contribution < 1.29 is 66.6 Å². The van der Waals surface area contributed by atoms with Gasteiger partial charge in [0.1, 0.15) is 30.2 Å². The van der Waals surface area contributed by atoms with E-state index in [1.165, 1.54) is 29.9 Å². The van der Waals surface area contributed by atoms with Gasteiger partial charge in [-0.15, -0.1) is 0 Å². The van der Waals surface area contributed by atoms with E-state index in [1.54, 1.807) is 0 Å². The number of imidazole rings is 1. The molecule has 1 aliphatic heterocycles. The number of aliphatic hydroxyl groups is 1. The van der Waals surface area contributed by atoms with Gasteiger partial charge < -0.3 is 67.4 Å². The number of unbranched alkanes of at least 4 members (excludes halogenated alkanes) is 7. The Labute approximate surface area is 451 Å². The van der Waals surface area contributed by atoms with Crippen molar-refractivity contribution in [2.75, 3.05) is 58.5 Å². The fourth-order valence-electron chi connectivity index (χ4n) is 8.25. The number of ether oxygens (including phenoxy) is 2. The van der Waals surface area contributed by atoms with Gasteiger partial charge in [0.05, 0.1) is 64.5 Å². The third-order valence-corrected chi connectivity index (χ3v) is 13.9. The van der Waals surface area contributed by atoms with Gasteiger partial charge in [-0.05, 0) is 56.9 Å². The number of phosphoric acid groups is 1. The zero-order valence-electron chi connectivity index (χ0n) is 44.2. The van der Waals surface area contributed by atoms with E-state index in [4.69, 9.17) is 30.0 Å². The SMILES string of the molecule is CC(C)C[C@H](NC(=O)[C@@H]1CCCN1C(=O)CCOCCOCCNC(=O)[C@@H](N)CS)C(=O)N[C@@H](Cc1cnc[nH]1)C(=O)N[C@@H](CO)C(=O)N[C@H](C(N)=O)[C@@H](C)OP(=O)(O)OCCCCCCCCCCc1ccccc1. The van der Waals surface area contributed by atoms with E-state index in [9.17, 15) is 48.1 Å². The van der Waals surface area contributed by atoms with Gasteiger partial charge in [0.15, 0.2) is 0 Å². The maximum absolute atomic E-state index is 14.0. The molecule has 12 N–H and O–H groups in total. The molecule has 1 unspecified atom stereocenters. The molecule has 3 rings (SSSR count). The summed E-state index contributed by atoms with van der Waals surface area (Å²) in [6.07, 6.45) is 10.8. The largest absolute Gasteiger partial charge is 0.472 e. The van der Waals surface area contributed by atoms with Crippen molar-refractivity contribution in [3.8, 4) is 0 Å². The number of primary amides is 1. The van der Waals surface area contributed by atoms with Crippen LogP contribution in [0.3, 0.4) is 0 Å². The van der Waals surface area contributed by atoms with E-state index in [0.717, 1.165) is 51.4 Å². The van der Waals surface area contributed by atoms with Crippen molar-refractivity contribution in [2.24, 2.45) is 17.4 Å². The van der Waals surface area contributed by atoms with Crippen LogP contribution in [0.1, 0.15) is 109 Å². The molecule has 0 aliphatic carbocycles. The van der Waals surface area contributed by atoms with Gasteiger partial charge >= 0.3 is 7.82 Å². The molecule has 1 aliphatic rings. The van der Waals surface area contributed by atoms with Gasteiger partial charge in [0.2, 0.25) is 41.4 Å². The summed E-state index contributed by atoms with van der Waals surface area (Å²) in [5, 5.41) is 22.9. The van der Waals surface area contributed by atoms with E-state index in [0.29, 0.717) is 31.5 Å². The van der Waals surface area contributed by atoms with Crippen molar-refractivity contribution in [1.29, 1.82) is 0 Å². The van der Waals surface area contributed by atoms with Crippen LogP contribution in [0.15, 0.2) is 42.9 Å². The van der Waals surface area contributed by atoms with Crippen molar-refractivity contribution in [1.82, 2.24) is 41.5 Å². The summed E-state index contributed by atoms with van der Waals surface area (Å²) in [6, 6.07) is 2.75. The average Bonchev–Trinajstić information content (AvgIpc) is 4.11. The van der Waals surface area contributed by atoms with Crippen LogP contribution < -0.4 is 38.1 Å². The third-order valence-electron chi connectivity index (χ3n) is 12.4. The molecule has 0 saturated carbocycles. The number of nitrogens with two attached hydrogens (primary N) is 2. The highest BCUT2D eigenvalue weighted by Crippen LogP contribution is 2.45. The first-order valence-corrected chi connectivity index (χ1v) is 28.4. The van der Waals surface area contributed by atoms with Crippen molar-refractivity contribution in [3.63, 3.8) is 0 Å². The van der Waals surface area contributed by atoms with Crippen LogP contribution in [-0.2, 0) is 69.5 Å². The van der Waals surface area contributed by atoms with Crippen LogP contribution in [0, 0.1) is 5.92 Å². The molecular weight excluding hydrogens is 1030 g/mol. The number of rotatable bonds is 40. The summed E-state index contributed by atoms with van der Waals surface area (Å²) in [5.41, 5.74) is 12.9. The van der Waals surface area contributed by atoms with Gasteiger partial charge in [-0.1, -0.05) is 82.7 Å². The molecule has 0 radical (unpaired) electrons. The Kier molecular flexibility index (Phi) is 31.1. The number of phosphoric ester groups is 1. The number of aliphatic hydroxyl groups excluding tert-OH is 1. The van der Waals surface area contributed by atoms with Crippen LogP contribution in [0.2, 0.25) is 0 Å². The number of carbonyl (C=O) groups excluding carboxylic acids is 7. The van der Waals surface area contributed by atoms with Gasteiger partial charge in [0, 0.05) is 37.2 Å². The summed E-state index contributed by atoms with van der Waals surface area (Å²) in [7, 11) is -4.74. The monoisotopic (exact) mass is 1110 g/mol. The Hall–Kier alpha value is -4.98. The highest BCUT2D eigenvalue weighted by atomic mass is 32.1. The summed E-state index contributed by atoms with van der Waals surface area (Å²) < 4.78 is 34.1. The lowest BCUT2D eigenvalue weighted by Gasteiger charge is -2.29. The Morgan fingerprint density at radius 1 is 0.829 bits per heavy atom. The number of likely N-dealkylation sites (tertiary alicyclic amines) is 1. The van der Waals surface area contributed by atoms with E-state index >= 15 is 0 Å². The number of thiol groups is 1. The molecule has 1 fully saturated rings. The molecule has 1 aromatic heterocycles. The minimum atomic E-state index is -4.74. The first-order valence-electron chi connectivity index (χ1n) is 26.2. The number of aromatic nitrogens is 2. The number of aryl methyl sites for hydroxylation is 1. The normalized spacial score (nSPS) is 16.6. The highest BCUT2D eigenvalue weighted by molar-refractivity contribution is 7.80. The van der Waals surface area contributed by atoms with Gasteiger partial charge in [-0.3, -0.25) is 42.6 Å². The number of hydrogen-bond donors (Lipinski definition) is 11. The van der Waals surface area contributed by atoms with Crippen LogP contribution >= 0.6 is 20.5 Å². The molecule has 7 amide bonds. The van der Waals surface area contributed by atoms with Crippen molar-refractivity contribution in [2.45, 2.75) is 153 Å². The number of amides is 7. The summed E-state index contributed by atoms with van der Waals surface area (Å²) in [6.45, 7) is 5.08. The molecule has 24 nitrogen and oxygen atoms in total. The number of H-pyrrole nitrogens is 1. The first kappa shape index (κ1) is 65.3. The summed E-state index contributed by atoms with van der Waals surface area (Å²) >= 11 is 3.99. The number of hydrogen-bond acceptors (Lipinski definition) is 16. The minimum Gasteiger partial charge on any atom is -0.394 e. The van der Waals surface area contributed by atoms with E-state index in [-0.39, 0.29) is 82.3 Å². The number of aromatic amines is 1. The number of carbonyl (C=O) groups is 7. The second-order valence-electron chi connectivity index (χ2n) is 19.1. The zero-order chi connectivity index (χ0) is 55.9. The maximum Gasteiger partial charge on any atom is 0.472 e. The Morgan fingerprint density at radius 2 is 1.46 bits per heavy atom.